The number of nitrogens with one attached hydrogen (secondary N) is 2. The summed E-state index contributed by atoms with van der Waals surface area (Å²) in [6.07, 6.45) is 0. The molecule has 0 bridgehead atoms. The van der Waals surface area contributed by atoms with Crippen LogP contribution < -0.4 is 10.0 Å². The van der Waals surface area contributed by atoms with Gasteiger partial charge in [0.05, 0.1) is 32.9 Å². The van der Waals surface area contributed by atoms with Crippen LogP contribution in [-0.2, 0) is 16.6 Å². The fourth-order valence-corrected chi connectivity index (χ4v) is 3.73. The van der Waals surface area contributed by atoms with Crippen LogP contribution in [0.2, 0.25) is 5.02 Å². The second-order valence-electron chi connectivity index (χ2n) is 5.78. The fraction of sp³-hybridized carbons (Fsp3) is 0.0500. The predicted octanol–water partition coefficient (Wildman–Crippen LogP) is 4.62. The number of nitriles is 1. The van der Waals surface area contributed by atoms with Gasteiger partial charge in [-0.1, -0.05) is 41.9 Å². The highest BCUT2D eigenvalue weighted by atomic mass is 35.5. The predicted molar refractivity (Wildman–Crippen MR) is 107 cm³/mol. The van der Waals surface area contributed by atoms with Crippen molar-refractivity contribution in [3.05, 3.63) is 88.9 Å². The molecule has 0 aromatic heterocycles. The molecule has 0 atom stereocenters. The van der Waals surface area contributed by atoms with Crippen LogP contribution in [0.5, 0.6) is 0 Å². The molecule has 0 radical (unpaired) electrons. The number of hydrogen-bond acceptors (Lipinski definition) is 4. The Balaban J connectivity index is 1.72. The Bertz CT molecular complexity index is 1080. The molecule has 136 valence electrons. The molecule has 3 rings (SSSR count). The summed E-state index contributed by atoms with van der Waals surface area (Å²) in [5, 5.41) is 12.4. The topological polar surface area (TPSA) is 82.0 Å². The third kappa shape index (κ3) is 4.79. The first-order valence-corrected chi connectivity index (χ1v) is 9.94. The normalized spacial score (nSPS) is 10.8. The summed E-state index contributed by atoms with van der Waals surface area (Å²) in [7, 11) is -3.76. The minimum Gasteiger partial charge on any atom is -0.380 e. The van der Waals surface area contributed by atoms with E-state index in [1.54, 1.807) is 18.2 Å². The molecule has 7 heteroatoms. The maximum Gasteiger partial charge on any atom is 0.261 e. The maximum atomic E-state index is 12.5. The van der Waals surface area contributed by atoms with Crippen molar-refractivity contribution in [2.45, 2.75) is 11.4 Å². The van der Waals surface area contributed by atoms with E-state index in [-0.39, 0.29) is 4.90 Å². The highest BCUT2D eigenvalue weighted by molar-refractivity contribution is 7.92. The smallest absolute Gasteiger partial charge is 0.261 e. The van der Waals surface area contributed by atoms with Gasteiger partial charge >= 0.3 is 0 Å². The fourth-order valence-electron chi connectivity index (χ4n) is 2.44. The molecule has 5 nitrogen and oxygen atoms in total. The van der Waals surface area contributed by atoms with E-state index in [1.165, 1.54) is 24.3 Å². The Morgan fingerprint density at radius 3 is 2.30 bits per heavy atom. The monoisotopic (exact) mass is 397 g/mol. The lowest BCUT2D eigenvalue weighted by molar-refractivity contribution is 0.601. The van der Waals surface area contributed by atoms with Gasteiger partial charge in [0.15, 0.2) is 0 Å². The van der Waals surface area contributed by atoms with Crippen molar-refractivity contribution < 1.29 is 8.42 Å². The number of hydrogen-bond donors (Lipinski definition) is 2. The van der Waals surface area contributed by atoms with Crippen molar-refractivity contribution in [3.8, 4) is 6.07 Å². The van der Waals surface area contributed by atoms with E-state index in [0.29, 0.717) is 28.5 Å². The zero-order chi connectivity index (χ0) is 19.3. The SMILES string of the molecule is N#Cc1ccc(S(=O)(=O)Nc2ccc(NCc3ccccc3)c(Cl)c2)cc1. The Hall–Kier alpha value is -3.01. The van der Waals surface area contributed by atoms with E-state index < -0.39 is 10.0 Å². The van der Waals surface area contributed by atoms with Crippen LogP contribution in [0.3, 0.4) is 0 Å². The highest BCUT2D eigenvalue weighted by Crippen LogP contribution is 2.27. The Morgan fingerprint density at radius 1 is 0.963 bits per heavy atom. The van der Waals surface area contributed by atoms with E-state index >= 15 is 0 Å². The minimum absolute atomic E-state index is 0.0731. The van der Waals surface area contributed by atoms with Crippen LogP contribution >= 0.6 is 11.6 Å². The largest absolute Gasteiger partial charge is 0.380 e. The van der Waals surface area contributed by atoms with Crippen molar-refractivity contribution in [2.24, 2.45) is 0 Å². The number of anilines is 2. The van der Waals surface area contributed by atoms with Crippen LogP contribution in [0, 0.1) is 11.3 Å². The zero-order valence-electron chi connectivity index (χ0n) is 14.2. The third-order valence-electron chi connectivity index (χ3n) is 3.84. The Kier molecular flexibility index (Phi) is 5.65. The molecule has 0 aliphatic carbocycles. The van der Waals surface area contributed by atoms with Gasteiger partial charge in [-0.2, -0.15) is 5.26 Å². The van der Waals surface area contributed by atoms with Crippen molar-refractivity contribution in [3.63, 3.8) is 0 Å². The number of halogens is 1. The molecule has 0 saturated carbocycles. The van der Waals surface area contributed by atoms with E-state index in [0.717, 1.165) is 5.56 Å². The second-order valence-corrected chi connectivity index (χ2v) is 7.87. The van der Waals surface area contributed by atoms with Crippen LogP contribution in [0.15, 0.2) is 77.7 Å². The second kappa shape index (κ2) is 8.12. The standard InChI is InChI=1S/C20H16ClN3O2S/c21-19-12-17(8-11-20(19)23-14-16-4-2-1-3-5-16)24-27(25,26)18-9-6-15(13-22)7-10-18/h1-12,23-24H,14H2. The molecule has 27 heavy (non-hydrogen) atoms. The van der Waals surface area contributed by atoms with E-state index in [1.807, 2.05) is 36.4 Å². The number of rotatable bonds is 6. The summed E-state index contributed by atoms with van der Waals surface area (Å²) >= 11 is 6.28. The van der Waals surface area contributed by atoms with Gasteiger partial charge in [-0.3, -0.25) is 4.72 Å². The average molecular weight is 398 g/mol. The summed E-state index contributed by atoms with van der Waals surface area (Å²) < 4.78 is 27.4. The molecule has 3 aromatic rings. The van der Waals surface area contributed by atoms with Crippen LogP contribution in [0.1, 0.15) is 11.1 Å². The van der Waals surface area contributed by atoms with Crippen molar-refractivity contribution >= 4 is 33.0 Å². The lowest BCUT2D eigenvalue weighted by Gasteiger charge is -2.12. The van der Waals surface area contributed by atoms with Crippen molar-refractivity contribution in [1.29, 1.82) is 5.26 Å². The number of benzene rings is 3. The molecule has 0 saturated heterocycles. The average Bonchev–Trinajstić information content (AvgIpc) is 2.68. The third-order valence-corrected chi connectivity index (χ3v) is 5.55. The molecular weight excluding hydrogens is 382 g/mol. The van der Waals surface area contributed by atoms with Gasteiger partial charge in [-0.05, 0) is 48.0 Å². The zero-order valence-corrected chi connectivity index (χ0v) is 15.8. The van der Waals surface area contributed by atoms with Gasteiger partial charge in [-0.25, -0.2) is 8.42 Å². The lowest BCUT2D eigenvalue weighted by atomic mass is 10.2. The van der Waals surface area contributed by atoms with Crippen molar-refractivity contribution in [1.82, 2.24) is 0 Å². The van der Waals surface area contributed by atoms with Crippen LogP contribution in [0.4, 0.5) is 11.4 Å². The summed E-state index contributed by atoms with van der Waals surface area (Å²) in [6.45, 7) is 0.608. The van der Waals surface area contributed by atoms with Crippen molar-refractivity contribution in [2.75, 3.05) is 10.0 Å². The van der Waals surface area contributed by atoms with Crippen LogP contribution in [0.25, 0.3) is 0 Å². The van der Waals surface area contributed by atoms with Gasteiger partial charge in [-0.15, -0.1) is 0 Å². The summed E-state index contributed by atoms with van der Waals surface area (Å²) in [6, 6.07) is 22.4. The molecular formula is C20H16ClN3O2S. The summed E-state index contributed by atoms with van der Waals surface area (Å²) in [4.78, 5) is 0.0731. The first-order chi connectivity index (χ1) is 13.0. The van der Waals surface area contributed by atoms with Gasteiger partial charge in [0.1, 0.15) is 0 Å². The van der Waals surface area contributed by atoms with Gasteiger partial charge in [0, 0.05) is 6.54 Å². The maximum absolute atomic E-state index is 12.5. The molecule has 0 unspecified atom stereocenters. The van der Waals surface area contributed by atoms with Gasteiger partial charge in [0.25, 0.3) is 10.0 Å². The summed E-state index contributed by atoms with van der Waals surface area (Å²) in [5.74, 6) is 0. The van der Waals surface area contributed by atoms with Crippen LogP contribution in [-0.4, -0.2) is 8.42 Å². The molecule has 0 aliphatic heterocycles. The Morgan fingerprint density at radius 2 is 1.67 bits per heavy atom. The van der Waals surface area contributed by atoms with E-state index in [4.69, 9.17) is 16.9 Å². The summed E-state index contributed by atoms with van der Waals surface area (Å²) in [5.41, 5.74) is 2.57. The lowest BCUT2D eigenvalue weighted by Crippen LogP contribution is -2.13. The minimum atomic E-state index is -3.76. The number of sulfonamides is 1. The number of nitrogens with zero attached hydrogens (tertiary/aromatic N) is 1. The van der Waals surface area contributed by atoms with Gasteiger partial charge < -0.3 is 5.32 Å². The van der Waals surface area contributed by atoms with Gasteiger partial charge in [0.2, 0.25) is 0 Å². The highest BCUT2D eigenvalue weighted by Gasteiger charge is 2.15. The first kappa shape index (κ1) is 18.8. The first-order valence-electron chi connectivity index (χ1n) is 8.08. The van der Waals surface area contributed by atoms with E-state index in [2.05, 4.69) is 10.0 Å². The molecule has 0 amide bonds. The molecule has 3 aromatic carbocycles. The Labute approximate surface area is 163 Å². The molecule has 0 spiro atoms. The molecule has 2 N–H and O–H groups in total. The van der Waals surface area contributed by atoms with E-state index in [9.17, 15) is 8.42 Å². The quantitative estimate of drug-likeness (QED) is 0.635. The molecule has 0 heterocycles. The molecule has 0 aliphatic rings. The molecule has 0 fully saturated rings.